The van der Waals surface area contributed by atoms with Gasteiger partial charge in [0.15, 0.2) is 19.7 Å². The maximum atomic E-state index is 13.2. The average molecular weight is 927 g/mol. The van der Waals surface area contributed by atoms with Crippen molar-refractivity contribution in [2.45, 2.75) is 164 Å². The molecule has 8 aliphatic rings. The van der Waals surface area contributed by atoms with Crippen LogP contribution in [-0.2, 0) is 29.3 Å². The van der Waals surface area contributed by atoms with Crippen LogP contribution in [0.4, 0.5) is 8.78 Å². The van der Waals surface area contributed by atoms with E-state index in [2.05, 4.69) is 10.6 Å². The van der Waals surface area contributed by atoms with E-state index < -0.39 is 19.7 Å². The number of hydrogen-bond acceptors (Lipinski definition) is 8. The summed E-state index contributed by atoms with van der Waals surface area (Å²) in [4.78, 5) is 25.7. The third-order valence-electron chi connectivity index (χ3n) is 16.0. The summed E-state index contributed by atoms with van der Waals surface area (Å²) in [5.74, 6) is 1.91. The summed E-state index contributed by atoms with van der Waals surface area (Å²) < 4.78 is 89.2. The fourth-order valence-electron chi connectivity index (χ4n) is 10.4. The van der Waals surface area contributed by atoms with Crippen molar-refractivity contribution in [3.63, 3.8) is 0 Å². The summed E-state index contributed by atoms with van der Waals surface area (Å²) in [6.45, 7) is 6.04. The number of hydrogen-bond donors (Lipinski definition) is 2. The third-order valence-corrected chi connectivity index (χ3v) is 20.0. The highest BCUT2D eigenvalue weighted by molar-refractivity contribution is 7.91. The summed E-state index contributed by atoms with van der Waals surface area (Å²) in [7, 11) is -6.86. The Kier molecular flexibility index (Phi) is 14.5. The number of nitrogens with one attached hydrogen (secondary N) is 2. The summed E-state index contributed by atoms with van der Waals surface area (Å²) in [5, 5.41) is 6.68. The van der Waals surface area contributed by atoms with E-state index in [1.54, 1.807) is 48.5 Å². The molecule has 0 radical (unpaired) electrons. The molecule has 4 bridgehead atoms. The second kappa shape index (κ2) is 19.2. The van der Waals surface area contributed by atoms with Gasteiger partial charge in [-0.05, 0) is 186 Å². The summed E-state index contributed by atoms with van der Waals surface area (Å²) in [5.41, 5.74) is 0.260. The molecule has 10 nitrogen and oxygen atoms in total. The highest BCUT2D eigenvalue weighted by atomic mass is 32.2. The molecule has 0 atom stereocenters. The molecule has 2 amide bonds. The molecule has 2 N–H and O–H groups in total. The SMILES string of the molecule is CC/C(=C\F)COc1ccc(S(=O)(=O)CC23CCC(NC(=O)C4(C)CC4)(CC2)CC3)cc1.CC/C(=C\F)COc1ccc(S(=O)(=O)CC23CCC(NC(=O)C4CCC4)(CC2)CC3)cc1. The number of carbonyl (C=O) groups is 2. The van der Waals surface area contributed by atoms with Crippen LogP contribution in [-0.4, -0.2) is 64.4 Å². The van der Waals surface area contributed by atoms with Crippen LogP contribution >= 0.6 is 0 Å². The van der Waals surface area contributed by atoms with Crippen molar-refractivity contribution >= 4 is 31.5 Å². The average Bonchev–Trinajstić information content (AvgIpc) is 4.03. The fourth-order valence-corrected chi connectivity index (χ4v) is 14.3. The number of amides is 2. The van der Waals surface area contributed by atoms with E-state index in [0.29, 0.717) is 57.9 Å². The molecule has 0 aliphatic heterocycles. The molecule has 8 fully saturated rings. The van der Waals surface area contributed by atoms with Gasteiger partial charge < -0.3 is 20.1 Å². The Morgan fingerprint density at radius 1 is 0.609 bits per heavy atom. The topological polar surface area (TPSA) is 145 Å². The lowest BCUT2D eigenvalue weighted by molar-refractivity contribution is -0.131. The van der Waals surface area contributed by atoms with Crippen LogP contribution in [0.25, 0.3) is 0 Å². The predicted octanol–water partition coefficient (Wildman–Crippen LogP) is 10.2. The predicted molar refractivity (Wildman–Crippen MR) is 244 cm³/mol. The highest BCUT2D eigenvalue weighted by Crippen LogP contribution is 2.55. The Labute approximate surface area is 379 Å². The van der Waals surface area contributed by atoms with Gasteiger partial charge in [0.1, 0.15) is 24.7 Å². The zero-order valence-corrected chi connectivity index (χ0v) is 39.6. The number of benzene rings is 2. The second-order valence-electron chi connectivity index (χ2n) is 20.5. The molecule has 352 valence electrons. The molecular formula is C50H68F2N2O8S2. The van der Waals surface area contributed by atoms with Gasteiger partial charge in [-0.15, -0.1) is 0 Å². The first-order valence-corrected chi connectivity index (χ1v) is 26.8. The molecule has 2 aromatic carbocycles. The zero-order chi connectivity index (χ0) is 45.9. The van der Waals surface area contributed by atoms with Gasteiger partial charge in [0.25, 0.3) is 0 Å². The first kappa shape index (κ1) is 48.2. The molecule has 0 saturated heterocycles. The van der Waals surface area contributed by atoms with Gasteiger partial charge in [0.2, 0.25) is 11.8 Å². The van der Waals surface area contributed by atoms with Gasteiger partial charge in [0.05, 0.1) is 34.0 Å². The zero-order valence-electron chi connectivity index (χ0n) is 38.0. The van der Waals surface area contributed by atoms with E-state index in [0.717, 1.165) is 109 Å². The molecule has 10 rings (SSSR count). The van der Waals surface area contributed by atoms with Gasteiger partial charge in [0, 0.05) is 22.4 Å². The molecule has 14 heteroatoms. The van der Waals surface area contributed by atoms with Crippen LogP contribution in [0, 0.1) is 22.2 Å². The molecule has 8 saturated carbocycles. The monoisotopic (exact) mass is 926 g/mol. The molecule has 64 heavy (non-hydrogen) atoms. The molecule has 8 aliphatic carbocycles. The Morgan fingerprint density at radius 2 is 0.984 bits per heavy atom. The van der Waals surface area contributed by atoms with Crippen LogP contribution in [0.15, 0.2) is 82.1 Å². The first-order chi connectivity index (χ1) is 30.4. The number of rotatable bonds is 18. The van der Waals surface area contributed by atoms with E-state index in [9.17, 15) is 35.2 Å². The van der Waals surface area contributed by atoms with E-state index in [-0.39, 0.29) is 69.8 Å². The molecule has 2 aromatic rings. The minimum atomic E-state index is -3.43. The minimum absolute atomic E-state index is 0.122. The third kappa shape index (κ3) is 11.1. The number of ether oxygens (including phenoxy) is 2. The minimum Gasteiger partial charge on any atom is -0.489 e. The number of halogens is 2. The van der Waals surface area contributed by atoms with E-state index in [1.807, 2.05) is 20.8 Å². The molecule has 0 aromatic heterocycles. The van der Waals surface area contributed by atoms with Gasteiger partial charge in [-0.1, -0.05) is 27.2 Å². The molecular weight excluding hydrogens is 859 g/mol. The number of carbonyl (C=O) groups excluding carboxylic acids is 2. The van der Waals surface area contributed by atoms with Gasteiger partial charge in [-0.2, -0.15) is 0 Å². The number of sulfone groups is 2. The normalized spacial score (nSPS) is 28.6. The van der Waals surface area contributed by atoms with Crippen molar-refractivity contribution in [1.82, 2.24) is 10.6 Å². The molecule has 0 spiro atoms. The standard InChI is InChI=1S/2C25H34FNO4S/c1-3-19(16-26)17-31-20-4-6-21(7-5-20)32(29,30)18-24-10-13-25(14-11-24,15-12-24)27-22(28)23(2)8-9-23;1-2-19(16-26)17-31-21-6-8-22(9-7-21)32(29,30)18-24-10-13-25(14-11-24,15-12-24)27-23(28)20-4-3-5-20/h4-7,16H,3,8-15,17-18H2,1-2H3,(H,27,28);6-9,16,20H,2-5,10-15,17-18H2,1H3,(H,27,28)/b2*19-16+. The van der Waals surface area contributed by atoms with Crippen LogP contribution in [0.3, 0.4) is 0 Å². The second-order valence-corrected chi connectivity index (χ2v) is 24.5. The lowest BCUT2D eigenvalue weighted by atomic mass is 9.58. The van der Waals surface area contributed by atoms with Crippen LogP contribution < -0.4 is 20.1 Å². The Morgan fingerprint density at radius 3 is 1.30 bits per heavy atom. The van der Waals surface area contributed by atoms with E-state index in [1.165, 1.54) is 0 Å². The molecule has 0 unspecified atom stereocenters. The lowest BCUT2D eigenvalue weighted by Crippen LogP contribution is -2.59. The smallest absolute Gasteiger partial charge is 0.226 e. The van der Waals surface area contributed by atoms with Crippen molar-refractivity contribution in [1.29, 1.82) is 0 Å². The highest BCUT2D eigenvalue weighted by Gasteiger charge is 2.54. The Bertz CT molecular complexity index is 2240. The number of fused-ring (bicyclic) bond motifs is 6. The van der Waals surface area contributed by atoms with E-state index in [4.69, 9.17) is 9.47 Å². The van der Waals surface area contributed by atoms with E-state index >= 15 is 0 Å². The summed E-state index contributed by atoms with van der Waals surface area (Å²) in [6.07, 6.45) is 17.5. The Hall–Kier alpha value is -3.78. The largest absolute Gasteiger partial charge is 0.489 e. The van der Waals surface area contributed by atoms with Crippen molar-refractivity contribution in [2.75, 3.05) is 24.7 Å². The summed E-state index contributed by atoms with van der Waals surface area (Å²) >= 11 is 0. The van der Waals surface area contributed by atoms with Gasteiger partial charge in [-0.25, -0.2) is 25.6 Å². The quantitative estimate of drug-likeness (QED) is 0.150. The Balaban J connectivity index is 0.000000191. The van der Waals surface area contributed by atoms with Gasteiger partial charge in [-0.3, -0.25) is 9.59 Å². The van der Waals surface area contributed by atoms with Crippen LogP contribution in [0.5, 0.6) is 11.5 Å². The summed E-state index contributed by atoms with van der Waals surface area (Å²) in [6, 6.07) is 12.9. The van der Waals surface area contributed by atoms with Crippen molar-refractivity contribution < 1.29 is 44.7 Å². The van der Waals surface area contributed by atoms with Crippen molar-refractivity contribution in [2.24, 2.45) is 22.2 Å². The maximum absolute atomic E-state index is 13.2. The van der Waals surface area contributed by atoms with Crippen molar-refractivity contribution in [3.8, 4) is 11.5 Å². The fraction of sp³-hybridized carbons (Fsp3) is 0.640. The van der Waals surface area contributed by atoms with Crippen molar-refractivity contribution in [3.05, 3.63) is 72.3 Å². The maximum Gasteiger partial charge on any atom is 0.226 e. The van der Waals surface area contributed by atoms with Crippen LogP contribution in [0.2, 0.25) is 0 Å². The van der Waals surface area contributed by atoms with Gasteiger partial charge >= 0.3 is 0 Å². The first-order valence-electron chi connectivity index (χ1n) is 23.5. The lowest BCUT2D eigenvalue weighted by Gasteiger charge is -2.54. The van der Waals surface area contributed by atoms with Crippen LogP contribution in [0.1, 0.15) is 143 Å². The molecule has 0 heterocycles.